The van der Waals surface area contributed by atoms with Crippen molar-refractivity contribution in [3.8, 4) is 0 Å². The molecule has 7 nitrogen and oxygen atoms in total. The predicted molar refractivity (Wildman–Crippen MR) is 77.9 cm³/mol. The average molecular weight is 276 g/mol. The Bertz CT molecular complexity index is 586. The minimum Gasteiger partial charge on any atom is -0.376 e. The highest BCUT2D eigenvalue weighted by atomic mass is 16.5. The van der Waals surface area contributed by atoms with Crippen LogP contribution >= 0.6 is 0 Å². The lowest BCUT2D eigenvalue weighted by Gasteiger charge is -2.40. The predicted octanol–water partition coefficient (Wildman–Crippen LogP) is 1.77. The molecule has 0 bridgehead atoms. The number of H-pyrrole nitrogens is 1. The Labute approximate surface area is 117 Å². The quantitative estimate of drug-likeness (QED) is 0.745. The number of aromatic nitrogens is 4. The summed E-state index contributed by atoms with van der Waals surface area (Å²) in [5, 5.41) is 14.3. The van der Waals surface area contributed by atoms with Crippen LogP contribution in [0.15, 0.2) is 6.20 Å². The molecule has 1 aliphatic rings. The molecule has 7 heteroatoms. The third-order valence-corrected chi connectivity index (χ3v) is 3.92. The van der Waals surface area contributed by atoms with Gasteiger partial charge in [-0.3, -0.25) is 5.10 Å². The van der Waals surface area contributed by atoms with Gasteiger partial charge in [0.05, 0.1) is 17.2 Å². The molecule has 0 amide bonds. The highest BCUT2D eigenvalue weighted by Gasteiger charge is 2.36. The number of ether oxygens (including phenoxy) is 1. The molecule has 0 atom stereocenters. The van der Waals surface area contributed by atoms with E-state index in [4.69, 9.17) is 4.74 Å². The summed E-state index contributed by atoms with van der Waals surface area (Å²) in [6, 6.07) is 0. The van der Waals surface area contributed by atoms with Crippen LogP contribution in [-0.2, 0) is 4.74 Å². The SMILES string of the molecule is CCNc1nc(NCC2(OC)CCC2)c2cn[nH]c2n1. The molecule has 0 aromatic carbocycles. The van der Waals surface area contributed by atoms with Gasteiger partial charge in [-0.2, -0.15) is 15.1 Å². The van der Waals surface area contributed by atoms with Gasteiger partial charge in [-0.25, -0.2) is 0 Å². The molecule has 0 radical (unpaired) electrons. The second-order valence-electron chi connectivity index (χ2n) is 5.15. The van der Waals surface area contributed by atoms with Crippen LogP contribution in [0.3, 0.4) is 0 Å². The maximum absolute atomic E-state index is 5.62. The van der Waals surface area contributed by atoms with E-state index in [1.54, 1.807) is 13.3 Å². The summed E-state index contributed by atoms with van der Waals surface area (Å²) in [4.78, 5) is 8.88. The maximum atomic E-state index is 5.62. The van der Waals surface area contributed by atoms with Gasteiger partial charge in [-0.1, -0.05) is 0 Å². The fourth-order valence-electron chi connectivity index (χ4n) is 2.48. The zero-order chi connectivity index (χ0) is 14.0. The van der Waals surface area contributed by atoms with E-state index in [2.05, 4.69) is 30.8 Å². The highest BCUT2D eigenvalue weighted by molar-refractivity contribution is 5.86. The van der Waals surface area contributed by atoms with E-state index in [0.29, 0.717) is 5.95 Å². The average Bonchev–Trinajstić information content (AvgIpc) is 2.86. The van der Waals surface area contributed by atoms with E-state index in [9.17, 15) is 0 Å². The van der Waals surface area contributed by atoms with Crippen LogP contribution in [0, 0.1) is 0 Å². The zero-order valence-electron chi connectivity index (χ0n) is 11.9. The molecular formula is C13H20N6O. The number of nitrogens with zero attached hydrogens (tertiary/aromatic N) is 3. The monoisotopic (exact) mass is 276 g/mol. The van der Waals surface area contributed by atoms with Crippen molar-refractivity contribution in [2.45, 2.75) is 31.8 Å². The first-order valence-electron chi connectivity index (χ1n) is 7.00. The molecular weight excluding hydrogens is 256 g/mol. The van der Waals surface area contributed by atoms with Crippen LogP contribution in [0.4, 0.5) is 11.8 Å². The van der Waals surface area contributed by atoms with Gasteiger partial charge in [0.25, 0.3) is 0 Å². The van der Waals surface area contributed by atoms with E-state index in [0.717, 1.165) is 42.8 Å². The van der Waals surface area contributed by atoms with Gasteiger partial charge in [0.1, 0.15) is 5.82 Å². The van der Waals surface area contributed by atoms with Crippen molar-refractivity contribution >= 4 is 22.8 Å². The number of aromatic amines is 1. The fourth-order valence-corrected chi connectivity index (χ4v) is 2.48. The standard InChI is InChI=1S/C13H20N6O/c1-3-14-12-17-10(9-7-16-19-11(9)18-12)15-8-13(20-2)5-4-6-13/h7H,3-6,8H2,1-2H3,(H3,14,15,16,17,18,19). The molecule has 2 heterocycles. The number of hydrogen-bond acceptors (Lipinski definition) is 6. The normalized spacial score (nSPS) is 16.9. The summed E-state index contributed by atoms with van der Waals surface area (Å²) in [5.74, 6) is 1.40. The van der Waals surface area contributed by atoms with Crippen molar-refractivity contribution < 1.29 is 4.74 Å². The van der Waals surface area contributed by atoms with Gasteiger partial charge in [-0.05, 0) is 26.2 Å². The first kappa shape index (κ1) is 13.1. The van der Waals surface area contributed by atoms with Crippen molar-refractivity contribution in [3.63, 3.8) is 0 Å². The molecule has 1 saturated carbocycles. The Morgan fingerprint density at radius 3 is 2.85 bits per heavy atom. The van der Waals surface area contributed by atoms with Gasteiger partial charge < -0.3 is 15.4 Å². The second kappa shape index (κ2) is 5.24. The first-order valence-corrected chi connectivity index (χ1v) is 7.00. The van der Waals surface area contributed by atoms with Gasteiger partial charge in [0.15, 0.2) is 5.65 Å². The number of fused-ring (bicyclic) bond motifs is 1. The molecule has 0 aliphatic heterocycles. The molecule has 2 aromatic rings. The lowest BCUT2D eigenvalue weighted by atomic mass is 9.80. The number of hydrogen-bond donors (Lipinski definition) is 3. The minimum absolute atomic E-state index is 0.0423. The summed E-state index contributed by atoms with van der Waals surface area (Å²) in [5.41, 5.74) is 0.692. The van der Waals surface area contributed by atoms with Crippen molar-refractivity contribution in [3.05, 3.63) is 6.20 Å². The molecule has 108 valence electrons. The van der Waals surface area contributed by atoms with Crippen molar-refractivity contribution in [2.75, 3.05) is 30.8 Å². The minimum atomic E-state index is -0.0423. The lowest BCUT2D eigenvalue weighted by Crippen LogP contribution is -2.45. The Morgan fingerprint density at radius 1 is 1.35 bits per heavy atom. The first-order chi connectivity index (χ1) is 9.76. The summed E-state index contributed by atoms with van der Waals surface area (Å²) < 4.78 is 5.62. The Hall–Kier alpha value is -1.89. The summed E-state index contributed by atoms with van der Waals surface area (Å²) in [6.07, 6.45) is 5.16. The van der Waals surface area contributed by atoms with Crippen LogP contribution in [0.5, 0.6) is 0 Å². The van der Waals surface area contributed by atoms with E-state index in [1.165, 1.54) is 6.42 Å². The van der Waals surface area contributed by atoms with Crippen LogP contribution < -0.4 is 10.6 Å². The third kappa shape index (κ3) is 2.29. The van der Waals surface area contributed by atoms with Crippen molar-refractivity contribution in [1.29, 1.82) is 0 Å². The molecule has 3 N–H and O–H groups in total. The van der Waals surface area contributed by atoms with E-state index in [1.807, 2.05) is 6.92 Å². The van der Waals surface area contributed by atoms with Crippen molar-refractivity contribution in [1.82, 2.24) is 20.2 Å². The number of methoxy groups -OCH3 is 1. The molecule has 1 fully saturated rings. The number of nitrogens with one attached hydrogen (secondary N) is 3. The zero-order valence-corrected chi connectivity index (χ0v) is 11.9. The topological polar surface area (TPSA) is 87.8 Å². The Kier molecular flexibility index (Phi) is 3.43. The maximum Gasteiger partial charge on any atom is 0.226 e. The molecule has 3 rings (SSSR count). The summed E-state index contributed by atoms with van der Waals surface area (Å²) in [7, 11) is 1.78. The molecule has 0 unspecified atom stereocenters. The van der Waals surface area contributed by atoms with Crippen LogP contribution in [0.2, 0.25) is 0 Å². The van der Waals surface area contributed by atoms with Gasteiger partial charge in [-0.15, -0.1) is 0 Å². The Balaban J connectivity index is 1.83. The second-order valence-corrected chi connectivity index (χ2v) is 5.15. The Morgan fingerprint density at radius 2 is 2.20 bits per heavy atom. The van der Waals surface area contributed by atoms with Crippen molar-refractivity contribution in [2.24, 2.45) is 0 Å². The lowest BCUT2D eigenvalue weighted by molar-refractivity contribution is -0.0601. The highest BCUT2D eigenvalue weighted by Crippen LogP contribution is 2.35. The summed E-state index contributed by atoms with van der Waals surface area (Å²) >= 11 is 0. The van der Waals surface area contributed by atoms with Crippen LogP contribution in [0.1, 0.15) is 26.2 Å². The molecule has 1 aliphatic carbocycles. The van der Waals surface area contributed by atoms with Crippen LogP contribution in [0.25, 0.3) is 11.0 Å². The smallest absolute Gasteiger partial charge is 0.226 e. The van der Waals surface area contributed by atoms with E-state index < -0.39 is 0 Å². The van der Waals surface area contributed by atoms with Gasteiger partial charge in [0.2, 0.25) is 5.95 Å². The largest absolute Gasteiger partial charge is 0.376 e. The molecule has 0 spiro atoms. The molecule has 0 saturated heterocycles. The van der Waals surface area contributed by atoms with Gasteiger partial charge in [0, 0.05) is 20.2 Å². The van der Waals surface area contributed by atoms with E-state index >= 15 is 0 Å². The summed E-state index contributed by atoms with van der Waals surface area (Å²) in [6.45, 7) is 3.55. The van der Waals surface area contributed by atoms with Gasteiger partial charge >= 0.3 is 0 Å². The number of anilines is 2. The van der Waals surface area contributed by atoms with Crippen LogP contribution in [-0.4, -0.2) is 46.0 Å². The fraction of sp³-hybridized carbons (Fsp3) is 0.615. The molecule has 20 heavy (non-hydrogen) atoms. The third-order valence-electron chi connectivity index (χ3n) is 3.92. The molecule has 2 aromatic heterocycles. The number of rotatable bonds is 6. The van der Waals surface area contributed by atoms with E-state index in [-0.39, 0.29) is 5.60 Å².